The Balaban J connectivity index is 1.72. The van der Waals surface area contributed by atoms with E-state index >= 15 is 0 Å². The maximum absolute atomic E-state index is 13.0. The van der Waals surface area contributed by atoms with Crippen LogP contribution in [0, 0.1) is 11.7 Å². The summed E-state index contributed by atoms with van der Waals surface area (Å²) in [5.74, 6) is 0.732. The lowest BCUT2D eigenvalue weighted by molar-refractivity contribution is 0.0924. The SMILES string of the molecule is CC1CNC(C2CC2)CN1C(C)c1ccc(F)cc1. The van der Waals surface area contributed by atoms with Crippen LogP contribution in [0.5, 0.6) is 0 Å². The number of nitrogens with one attached hydrogen (secondary N) is 1. The minimum absolute atomic E-state index is 0.153. The fourth-order valence-electron chi connectivity index (χ4n) is 3.20. The van der Waals surface area contributed by atoms with Crippen LogP contribution in [-0.4, -0.2) is 30.1 Å². The number of rotatable bonds is 3. The molecule has 3 rings (SSSR count). The van der Waals surface area contributed by atoms with Gasteiger partial charge < -0.3 is 5.32 Å². The van der Waals surface area contributed by atoms with Crippen LogP contribution < -0.4 is 5.32 Å². The van der Waals surface area contributed by atoms with Gasteiger partial charge in [0.1, 0.15) is 5.82 Å². The second kappa shape index (κ2) is 5.22. The summed E-state index contributed by atoms with van der Waals surface area (Å²) in [6.45, 7) is 6.69. The summed E-state index contributed by atoms with van der Waals surface area (Å²) in [5, 5.41) is 3.67. The van der Waals surface area contributed by atoms with Gasteiger partial charge in [0.15, 0.2) is 0 Å². The average molecular weight is 262 g/mol. The van der Waals surface area contributed by atoms with E-state index in [9.17, 15) is 4.39 Å². The van der Waals surface area contributed by atoms with Crippen molar-refractivity contribution in [1.82, 2.24) is 10.2 Å². The summed E-state index contributed by atoms with van der Waals surface area (Å²) >= 11 is 0. The Hall–Kier alpha value is -0.930. The van der Waals surface area contributed by atoms with Gasteiger partial charge in [-0.3, -0.25) is 4.90 Å². The zero-order valence-electron chi connectivity index (χ0n) is 11.8. The van der Waals surface area contributed by atoms with E-state index in [1.54, 1.807) is 12.1 Å². The number of halogens is 1. The van der Waals surface area contributed by atoms with Crippen molar-refractivity contribution in [3.05, 3.63) is 35.6 Å². The summed E-state index contributed by atoms with van der Waals surface area (Å²) in [6, 6.07) is 8.52. The van der Waals surface area contributed by atoms with E-state index in [1.165, 1.54) is 18.4 Å². The van der Waals surface area contributed by atoms with Gasteiger partial charge in [0, 0.05) is 31.2 Å². The maximum atomic E-state index is 13.0. The van der Waals surface area contributed by atoms with E-state index in [-0.39, 0.29) is 5.82 Å². The molecule has 104 valence electrons. The van der Waals surface area contributed by atoms with E-state index in [0.29, 0.717) is 18.1 Å². The molecule has 1 saturated carbocycles. The van der Waals surface area contributed by atoms with Gasteiger partial charge in [0.05, 0.1) is 0 Å². The Morgan fingerprint density at radius 1 is 1.26 bits per heavy atom. The molecule has 0 radical (unpaired) electrons. The smallest absolute Gasteiger partial charge is 0.123 e. The van der Waals surface area contributed by atoms with Gasteiger partial charge in [-0.05, 0) is 50.3 Å². The zero-order chi connectivity index (χ0) is 13.4. The summed E-state index contributed by atoms with van der Waals surface area (Å²) < 4.78 is 13.0. The first-order chi connectivity index (χ1) is 9.15. The molecule has 2 nitrogen and oxygen atoms in total. The van der Waals surface area contributed by atoms with Gasteiger partial charge >= 0.3 is 0 Å². The predicted molar refractivity (Wildman–Crippen MR) is 75.5 cm³/mol. The van der Waals surface area contributed by atoms with Gasteiger partial charge in [0.25, 0.3) is 0 Å². The van der Waals surface area contributed by atoms with Crippen molar-refractivity contribution in [2.75, 3.05) is 13.1 Å². The molecular weight excluding hydrogens is 239 g/mol. The van der Waals surface area contributed by atoms with Crippen LogP contribution in [-0.2, 0) is 0 Å². The van der Waals surface area contributed by atoms with E-state index < -0.39 is 0 Å². The van der Waals surface area contributed by atoms with Crippen LogP contribution in [0.2, 0.25) is 0 Å². The van der Waals surface area contributed by atoms with Crippen molar-refractivity contribution in [2.24, 2.45) is 5.92 Å². The van der Waals surface area contributed by atoms with Crippen LogP contribution in [0.15, 0.2) is 24.3 Å². The van der Waals surface area contributed by atoms with Crippen molar-refractivity contribution in [1.29, 1.82) is 0 Å². The first-order valence-corrected chi connectivity index (χ1v) is 7.39. The summed E-state index contributed by atoms with van der Waals surface area (Å²) in [6.07, 6.45) is 2.76. The van der Waals surface area contributed by atoms with Crippen LogP contribution in [0.1, 0.15) is 38.3 Å². The molecule has 1 saturated heterocycles. The molecule has 3 unspecified atom stereocenters. The van der Waals surface area contributed by atoms with Crippen LogP contribution >= 0.6 is 0 Å². The van der Waals surface area contributed by atoms with Crippen molar-refractivity contribution in [2.45, 2.75) is 44.8 Å². The Morgan fingerprint density at radius 3 is 2.58 bits per heavy atom. The third kappa shape index (κ3) is 2.82. The minimum Gasteiger partial charge on any atom is -0.311 e. The van der Waals surface area contributed by atoms with E-state index in [2.05, 4.69) is 24.1 Å². The first kappa shape index (κ1) is 13.1. The molecule has 0 amide bonds. The quantitative estimate of drug-likeness (QED) is 0.901. The lowest BCUT2D eigenvalue weighted by Crippen LogP contribution is -2.56. The predicted octanol–water partition coefficient (Wildman–Crippen LogP) is 2.96. The molecule has 3 atom stereocenters. The van der Waals surface area contributed by atoms with Gasteiger partial charge in [-0.15, -0.1) is 0 Å². The molecule has 2 aliphatic rings. The molecule has 1 heterocycles. The molecule has 0 bridgehead atoms. The van der Waals surface area contributed by atoms with Crippen molar-refractivity contribution < 1.29 is 4.39 Å². The second-order valence-corrected chi connectivity index (χ2v) is 6.13. The molecule has 1 N–H and O–H groups in total. The largest absolute Gasteiger partial charge is 0.311 e. The normalized spacial score (nSPS) is 30.3. The fraction of sp³-hybridized carbons (Fsp3) is 0.625. The number of piperazine rings is 1. The molecule has 1 aliphatic heterocycles. The van der Waals surface area contributed by atoms with Crippen LogP contribution in [0.25, 0.3) is 0 Å². The molecule has 0 aromatic heterocycles. The summed E-state index contributed by atoms with van der Waals surface area (Å²) in [4.78, 5) is 2.56. The topological polar surface area (TPSA) is 15.3 Å². The average Bonchev–Trinajstić information content (AvgIpc) is 3.24. The molecular formula is C16H23FN2. The molecule has 2 fully saturated rings. The van der Waals surface area contributed by atoms with Crippen molar-refractivity contribution >= 4 is 0 Å². The molecule has 3 heteroatoms. The monoisotopic (exact) mass is 262 g/mol. The fourth-order valence-corrected chi connectivity index (χ4v) is 3.20. The number of hydrogen-bond acceptors (Lipinski definition) is 2. The zero-order valence-corrected chi connectivity index (χ0v) is 11.8. The summed E-state index contributed by atoms with van der Waals surface area (Å²) in [7, 11) is 0. The highest BCUT2D eigenvalue weighted by Crippen LogP contribution is 2.36. The van der Waals surface area contributed by atoms with Gasteiger partial charge in [-0.2, -0.15) is 0 Å². The van der Waals surface area contributed by atoms with E-state index in [0.717, 1.165) is 19.0 Å². The van der Waals surface area contributed by atoms with E-state index in [4.69, 9.17) is 0 Å². The van der Waals surface area contributed by atoms with Gasteiger partial charge in [0.2, 0.25) is 0 Å². The van der Waals surface area contributed by atoms with Crippen molar-refractivity contribution in [3.8, 4) is 0 Å². The first-order valence-electron chi connectivity index (χ1n) is 7.39. The highest BCUT2D eigenvalue weighted by molar-refractivity contribution is 5.20. The van der Waals surface area contributed by atoms with Crippen LogP contribution in [0.4, 0.5) is 4.39 Å². The molecule has 19 heavy (non-hydrogen) atoms. The molecule has 1 aliphatic carbocycles. The highest BCUT2D eigenvalue weighted by atomic mass is 19.1. The third-order valence-corrected chi connectivity index (χ3v) is 4.69. The number of nitrogens with zero attached hydrogens (tertiary/aromatic N) is 1. The molecule has 0 spiro atoms. The Bertz CT molecular complexity index is 427. The van der Waals surface area contributed by atoms with Gasteiger partial charge in [-0.1, -0.05) is 12.1 Å². The standard InChI is InChI=1S/C16H23FN2/c1-11-9-18-16(14-3-4-14)10-19(11)12(2)13-5-7-15(17)8-6-13/h5-8,11-12,14,16,18H,3-4,9-10H2,1-2H3. The summed E-state index contributed by atoms with van der Waals surface area (Å²) in [5.41, 5.74) is 1.21. The highest BCUT2D eigenvalue weighted by Gasteiger charge is 2.37. The van der Waals surface area contributed by atoms with Gasteiger partial charge in [-0.25, -0.2) is 4.39 Å². The van der Waals surface area contributed by atoms with E-state index in [1.807, 2.05) is 12.1 Å². The Morgan fingerprint density at radius 2 is 1.95 bits per heavy atom. The number of hydrogen-bond donors (Lipinski definition) is 1. The molecule has 1 aromatic carbocycles. The Kier molecular flexibility index (Phi) is 3.59. The third-order valence-electron chi connectivity index (χ3n) is 4.69. The molecule has 1 aromatic rings. The Labute approximate surface area is 115 Å². The maximum Gasteiger partial charge on any atom is 0.123 e. The number of benzene rings is 1. The second-order valence-electron chi connectivity index (χ2n) is 6.13. The van der Waals surface area contributed by atoms with Crippen LogP contribution in [0.3, 0.4) is 0 Å². The lowest BCUT2D eigenvalue weighted by atomic mass is 10.00. The van der Waals surface area contributed by atoms with Crippen molar-refractivity contribution in [3.63, 3.8) is 0 Å². The minimum atomic E-state index is -0.153. The lowest BCUT2D eigenvalue weighted by Gasteiger charge is -2.42.